The summed E-state index contributed by atoms with van der Waals surface area (Å²) in [5, 5.41) is 14.9. The molecule has 0 radical (unpaired) electrons. The molecule has 0 amide bonds. The van der Waals surface area contributed by atoms with Crippen molar-refractivity contribution in [1.29, 1.82) is 0 Å². The first-order valence-electron chi connectivity index (χ1n) is 18.9. The van der Waals surface area contributed by atoms with Crippen LogP contribution < -0.4 is 5.32 Å². The van der Waals surface area contributed by atoms with Gasteiger partial charge in [-0.25, -0.2) is 9.98 Å². The van der Waals surface area contributed by atoms with Crippen molar-refractivity contribution in [3.05, 3.63) is 193 Å². The number of amidine groups is 2. The van der Waals surface area contributed by atoms with Crippen LogP contribution in [0.25, 0.3) is 87.3 Å². The zero-order valence-corrected chi connectivity index (χ0v) is 30.0. The van der Waals surface area contributed by atoms with E-state index >= 15 is 0 Å². The molecule has 1 N–H and O–H groups in total. The van der Waals surface area contributed by atoms with E-state index in [9.17, 15) is 0 Å². The molecule has 0 saturated heterocycles. The normalized spacial score (nSPS) is 14.6. The average molecular weight is 718 g/mol. The summed E-state index contributed by atoms with van der Waals surface area (Å²) < 4.78 is 13.3. The van der Waals surface area contributed by atoms with Crippen LogP contribution in [-0.4, -0.2) is 11.7 Å². The van der Waals surface area contributed by atoms with Gasteiger partial charge in [-0.1, -0.05) is 146 Å². The number of para-hydroxylation sites is 2. The lowest BCUT2D eigenvalue weighted by Gasteiger charge is -2.24. The molecule has 0 saturated carbocycles. The van der Waals surface area contributed by atoms with Crippen molar-refractivity contribution in [3.8, 4) is 11.1 Å². The lowest BCUT2D eigenvalue weighted by molar-refractivity contribution is 0.668. The van der Waals surface area contributed by atoms with Gasteiger partial charge in [0.1, 0.15) is 34.3 Å². The molecule has 3 heterocycles. The second-order valence-corrected chi connectivity index (χ2v) is 14.5. The van der Waals surface area contributed by atoms with Crippen molar-refractivity contribution in [1.82, 2.24) is 5.32 Å². The molecule has 0 aliphatic carbocycles. The van der Waals surface area contributed by atoms with E-state index in [1.807, 2.05) is 24.3 Å². The monoisotopic (exact) mass is 717 g/mol. The first-order valence-corrected chi connectivity index (χ1v) is 18.9. The van der Waals surface area contributed by atoms with Gasteiger partial charge in [-0.15, -0.1) is 0 Å². The molecule has 1 atom stereocenters. The third kappa shape index (κ3) is 4.74. The Labute approximate surface area is 320 Å². The molecule has 9 aromatic carbocycles. The predicted molar refractivity (Wildman–Crippen MR) is 231 cm³/mol. The molecule has 0 spiro atoms. The van der Waals surface area contributed by atoms with E-state index in [-0.39, 0.29) is 6.17 Å². The SMILES string of the molecule is c1ccc2cc(C3=NC(c4cccc5oc6c(-c7cc8oc9ccccc9c8c8ccccc78)cccc6c45)=NC(c4ccc5ccccc5c4)N3)ccc2c1. The van der Waals surface area contributed by atoms with Gasteiger partial charge in [0, 0.05) is 38.2 Å². The topological polar surface area (TPSA) is 63.0 Å². The Morgan fingerprint density at radius 1 is 0.429 bits per heavy atom. The summed E-state index contributed by atoms with van der Waals surface area (Å²) in [6.45, 7) is 0. The Hall–Kier alpha value is -7.50. The van der Waals surface area contributed by atoms with E-state index in [0.29, 0.717) is 5.84 Å². The van der Waals surface area contributed by atoms with E-state index in [0.717, 1.165) is 93.7 Å². The minimum absolute atomic E-state index is 0.362. The van der Waals surface area contributed by atoms with Crippen LogP contribution in [0.3, 0.4) is 0 Å². The van der Waals surface area contributed by atoms with Gasteiger partial charge >= 0.3 is 0 Å². The van der Waals surface area contributed by atoms with Gasteiger partial charge in [0.25, 0.3) is 0 Å². The van der Waals surface area contributed by atoms with Crippen LogP contribution in [-0.2, 0) is 0 Å². The van der Waals surface area contributed by atoms with E-state index in [1.165, 1.54) is 16.2 Å². The van der Waals surface area contributed by atoms with Gasteiger partial charge in [-0.2, -0.15) is 0 Å². The standard InChI is InChI=1S/C51H31N3O2/c1-3-13-32-27-34(25-23-30(32)11-1)49-52-50(35-26-24-31-12-2-4-14-33(31)28-35)54-51(53-49)41-20-10-22-44-47(41)40-19-9-18-38(48(40)56-44)42-29-45-46(37-16-6-5-15-36(37)42)39-17-7-8-21-43(39)55-45/h1-29,49H,(H,52,53,54). The molecule has 12 rings (SSSR count). The molecule has 1 aliphatic rings. The fourth-order valence-corrected chi connectivity index (χ4v) is 8.66. The van der Waals surface area contributed by atoms with Gasteiger partial charge in [-0.05, 0) is 73.8 Å². The largest absolute Gasteiger partial charge is 0.456 e. The summed E-state index contributed by atoms with van der Waals surface area (Å²) >= 11 is 0. The highest BCUT2D eigenvalue weighted by Crippen LogP contribution is 2.44. The van der Waals surface area contributed by atoms with E-state index in [1.54, 1.807) is 0 Å². The highest BCUT2D eigenvalue weighted by Gasteiger charge is 2.25. The van der Waals surface area contributed by atoms with Crippen LogP contribution in [0.4, 0.5) is 0 Å². The van der Waals surface area contributed by atoms with Crippen molar-refractivity contribution in [2.24, 2.45) is 9.98 Å². The molecule has 56 heavy (non-hydrogen) atoms. The Kier molecular flexibility index (Phi) is 6.63. The number of hydrogen-bond donors (Lipinski definition) is 1. The van der Waals surface area contributed by atoms with Crippen molar-refractivity contribution < 1.29 is 8.83 Å². The molecule has 0 fully saturated rings. The van der Waals surface area contributed by atoms with Gasteiger partial charge in [0.05, 0.1) is 0 Å². The summed E-state index contributed by atoms with van der Waals surface area (Å²) in [5.74, 6) is 1.42. The maximum atomic E-state index is 6.86. The Morgan fingerprint density at radius 2 is 1.09 bits per heavy atom. The van der Waals surface area contributed by atoms with Crippen LogP contribution in [0.1, 0.15) is 22.9 Å². The molecule has 5 nitrogen and oxygen atoms in total. The molecule has 2 aromatic heterocycles. The zero-order valence-electron chi connectivity index (χ0n) is 30.0. The maximum absolute atomic E-state index is 6.86. The fraction of sp³-hybridized carbons (Fsp3) is 0.0196. The van der Waals surface area contributed by atoms with E-state index in [2.05, 4.69) is 157 Å². The second-order valence-electron chi connectivity index (χ2n) is 14.5. The number of nitrogens with zero attached hydrogens (tertiary/aromatic N) is 2. The van der Waals surface area contributed by atoms with Crippen LogP contribution in [0.5, 0.6) is 0 Å². The number of hydrogen-bond acceptors (Lipinski definition) is 5. The quantitative estimate of drug-likeness (QED) is 0.197. The molecular weight excluding hydrogens is 687 g/mol. The van der Waals surface area contributed by atoms with Crippen molar-refractivity contribution in [3.63, 3.8) is 0 Å². The van der Waals surface area contributed by atoms with Crippen LogP contribution in [0.15, 0.2) is 195 Å². The lowest BCUT2D eigenvalue weighted by atomic mass is 9.93. The summed E-state index contributed by atoms with van der Waals surface area (Å²) in [6, 6.07) is 61.5. The van der Waals surface area contributed by atoms with Gasteiger partial charge in [0.2, 0.25) is 0 Å². The first-order chi connectivity index (χ1) is 27.7. The van der Waals surface area contributed by atoms with Gasteiger partial charge in [-0.3, -0.25) is 0 Å². The Balaban J connectivity index is 1.07. The Morgan fingerprint density at radius 3 is 1.95 bits per heavy atom. The lowest BCUT2D eigenvalue weighted by Crippen LogP contribution is -2.33. The molecule has 262 valence electrons. The van der Waals surface area contributed by atoms with E-state index < -0.39 is 0 Å². The molecule has 5 heteroatoms. The number of benzene rings is 9. The number of rotatable bonds is 4. The minimum Gasteiger partial charge on any atom is -0.456 e. The third-order valence-electron chi connectivity index (χ3n) is 11.3. The molecule has 1 aliphatic heterocycles. The minimum atomic E-state index is -0.362. The van der Waals surface area contributed by atoms with Crippen molar-refractivity contribution in [2.45, 2.75) is 6.17 Å². The van der Waals surface area contributed by atoms with Crippen LogP contribution >= 0.6 is 0 Å². The van der Waals surface area contributed by atoms with Crippen molar-refractivity contribution in [2.75, 3.05) is 0 Å². The van der Waals surface area contributed by atoms with E-state index in [4.69, 9.17) is 18.8 Å². The number of aliphatic imine (C=N–C) groups is 2. The Bertz CT molecular complexity index is 3480. The zero-order chi connectivity index (χ0) is 36.7. The average Bonchev–Trinajstić information content (AvgIpc) is 3.84. The number of fused-ring (bicyclic) bond motifs is 10. The summed E-state index contributed by atoms with van der Waals surface area (Å²) in [5.41, 5.74) is 8.38. The maximum Gasteiger partial charge on any atom is 0.160 e. The number of nitrogens with one attached hydrogen (secondary N) is 1. The molecule has 1 unspecified atom stereocenters. The highest BCUT2D eigenvalue weighted by atomic mass is 16.3. The van der Waals surface area contributed by atoms with Crippen LogP contribution in [0, 0.1) is 0 Å². The molecule has 11 aromatic rings. The van der Waals surface area contributed by atoms with Gasteiger partial charge in [0.15, 0.2) is 5.84 Å². The summed E-state index contributed by atoms with van der Waals surface area (Å²) in [6.07, 6.45) is -0.362. The third-order valence-corrected chi connectivity index (χ3v) is 11.3. The second kappa shape index (κ2) is 12.0. The van der Waals surface area contributed by atoms with Gasteiger partial charge < -0.3 is 14.2 Å². The molecular formula is C51H31N3O2. The predicted octanol–water partition coefficient (Wildman–Crippen LogP) is 13.1. The fourth-order valence-electron chi connectivity index (χ4n) is 8.66. The van der Waals surface area contributed by atoms with Crippen LogP contribution in [0.2, 0.25) is 0 Å². The number of furan rings is 2. The smallest absolute Gasteiger partial charge is 0.160 e. The highest BCUT2D eigenvalue weighted by molar-refractivity contribution is 6.26. The summed E-state index contributed by atoms with van der Waals surface area (Å²) in [4.78, 5) is 10.6. The summed E-state index contributed by atoms with van der Waals surface area (Å²) in [7, 11) is 0. The molecule has 0 bridgehead atoms. The van der Waals surface area contributed by atoms with Crippen molar-refractivity contribution >= 4 is 87.9 Å². The first kappa shape index (κ1) is 30.9.